The summed E-state index contributed by atoms with van der Waals surface area (Å²) in [6.45, 7) is 3.73. The van der Waals surface area contributed by atoms with Crippen LogP contribution in [-0.2, 0) is 26.1 Å². The van der Waals surface area contributed by atoms with Gasteiger partial charge in [-0.15, -0.1) is 0 Å². The molecule has 8 nitrogen and oxygen atoms in total. The van der Waals surface area contributed by atoms with E-state index in [1.54, 1.807) is 24.6 Å². The molecule has 0 aromatic heterocycles. The van der Waals surface area contributed by atoms with Crippen molar-refractivity contribution in [3.63, 3.8) is 0 Å². The molecule has 0 saturated heterocycles. The maximum Gasteiger partial charge on any atom is 2.00 e. The molecule has 184 valence electrons. The van der Waals surface area contributed by atoms with Crippen LogP contribution in [0.3, 0.4) is 0 Å². The Morgan fingerprint density at radius 2 is 1.09 bits per heavy atom. The van der Waals surface area contributed by atoms with E-state index in [0.29, 0.717) is 11.1 Å². The molecule has 33 heavy (non-hydrogen) atoms. The first-order chi connectivity index (χ1) is 15.2. The summed E-state index contributed by atoms with van der Waals surface area (Å²) in [5.74, 6) is -0.315. The largest absolute Gasteiger partial charge is 2.00 e. The van der Waals surface area contributed by atoms with Gasteiger partial charge in [0.2, 0.25) is 0 Å². The van der Waals surface area contributed by atoms with Crippen LogP contribution in [0.15, 0.2) is 71.5 Å². The molecule has 0 amide bonds. The summed E-state index contributed by atoms with van der Waals surface area (Å²) in [5, 5.41) is 25.1. The van der Waals surface area contributed by atoms with Gasteiger partial charge in [-0.05, 0) is 78.4 Å². The van der Waals surface area contributed by atoms with Crippen LogP contribution in [0.5, 0.6) is 0 Å². The Morgan fingerprint density at radius 1 is 0.727 bits per heavy atom. The molecule has 0 aliphatic heterocycles. The molecular weight excluding hydrogens is 467 g/mol. The SMILES string of the molecule is CN(C)CCCN/C=C1/C=CC(=O)C=C1O.CN(C)CCCN/C=C1/C=CC(=O)C=C1O.[Ni+2]. The van der Waals surface area contributed by atoms with Crippen molar-refractivity contribution in [3.05, 3.63) is 71.5 Å². The third kappa shape index (κ3) is 14.2. The summed E-state index contributed by atoms with van der Waals surface area (Å²) in [6, 6.07) is 0. The molecule has 0 aromatic carbocycles. The molecule has 4 N–H and O–H groups in total. The van der Waals surface area contributed by atoms with Crippen molar-refractivity contribution in [1.29, 1.82) is 0 Å². The van der Waals surface area contributed by atoms with Gasteiger partial charge < -0.3 is 30.6 Å². The predicted molar refractivity (Wildman–Crippen MR) is 128 cm³/mol. The quantitative estimate of drug-likeness (QED) is 0.265. The number of aliphatic hydroxyl groups excluding tert-OH is 2. The molecule has 2 rings (SSSR count). The number of aliphatic hydroxyl groups is 2. The third-order valence-electron chi connectivity index (χ3n) is 4.37. The fourth-order valence-electron chi connectivity index (χ4n) is 2.65. The van der Waals surface area contributed by atoms with Gasteiger partial charge in [-0.2, -0.15) is 0 Å². The summed E-state index contributed by atoms with van der Waals surface area (Å²) in [4.78, 5) is 26.0. The van der Waals surface area contributed by atoms with Gasteiger partial charge >= 0.3 is 16.5 Å². The first kappa shape index (κ1) is 30.4. The number of carbonyl (C=O) groups is 2. The van der Waals surface area contributed by atoms with Crippen LogP contribution in [-0.4, -0.2) is 85.9 Å². The fourth-order valence-corrected chi connectivity index (χ4v) is 2.65. The maximum atomic E-state index is 10.9. The van der Waals surface area contributed by atoms with Crippen LogP contribution in [0, 0.1) is 0 Å². The molecular formula is C24H36N4NiO4+2. The average molecular weight is 503 g/mol. The van der Waals surface area contributed by atoms with Crippen molar-refractivity contribution < 1.29 is 36.3 Å². The summed E-state index contributed by atoms with van der Waals surface area (Å²) >= 11 is 0. The van der Waals surface area contributed by atoms with Crippen LogP contribution in [0.4, 0.5) is 0 Å². The minimum atomic E-state index is -0.178. The number of allylic oxidation sites excluding steroid dienone is 6. The van der Waals surface area contributed by atoms with E-state index in [9.17, 15) is 19.8 Å². The van der Waals surface area contributed by atoms with Crippen LogP contribution in [0.1, 0.15) is 12.8 Å². The van der Waals surface area contributed by atoms with Crippen molar-refractivity contribution >= 4 is 11.6 Å². The molecule has 0 spiro atoms. The normalized spacial score (nSPS) is 17.5. The third-order valence-corrected chi connectivity index (χ3v) is 4.37. The first-order valence-electron chi connectivity index (χ1n) is 10.6. The van der Waals surface area contributed by atoms with Gasteiger partial charge in [-0.1, -0.05) is 0 Å². The minimum Gasteiger partial charge on any atom is -0.507 e. The number of ketones is 2. The average Bonchev–Trinajstić information content (AvgIpc) is 2.70. The number of carbonyl (C=O) groups excluding carboxylic acids is 2. The molecule has 0 unspecified atom stereocenters. The number of nitrogens with zero attached hydrogens (tertiary/aromatic N) is 2. The summed E-state index contributed by atoms with van der Waals surface area (Å²) in [5.41, 5.74) is 1.29. The van der Waals surface area contributed by atoms with Crippen LogP contribution >= 0.6 is 0 Å². The Labute approximate surface area is 207 Å². The monoisotopic (exact) mass is 502 g/mol. The molecule has 0 fully saturated rings. The standard InChI is InChI=1S/2C12H18N2O2.Ni/c2*1-14(2)7-3-6-13-9-10-4-5-11(15)8-12(10)16;/h2*4-5,8-9,13,16H,3,6-7H2,1-2H3;/q;;+2/b2*10-9-;. The summed E-state index contributed by atoms with van der Waals surface area (Å²) < 4.78 is 0. The minimum absolute atomic E-state index is 0. The Morgan fingerprint density at radius 3 is 1.39 bits per heavy atom. The van der Waals surface area contributed by atoms with Crippen molar-refractivity contribution in [1.82, 2.24) is 20.4 Å². The zero-order valence-corrected chi connectivity index (χ0v) is 20.8. The fraction of sp³-hybridized carbons (Fsp3) is 0.417. The Balaban J connectivity index is 0.000000602. The van der Waals surface area contributed by atoms with Crippen molar-refractivity contribution in [2.75, 3.05) is 54.4 Å². The second-order valence-corrected chi connectivity index (χ2v) is 7.95. The molecule has 2 aliphatic carbocycles. The van der Waals surface area contributed by atoms with Gasteiger partial charge in [0.25, 0.3) is 0 Å². The zero-order valence-electron chi connectivity index (χ0n) is 19.8. The Hall–Kier alpha value is -2.61. The van der Waals surface area contributed by atoms with E-state index in [4.69, 9.17) is 0 Å². The van der Waals surface area contributed by atoms with Crippen LogP contribution in [0.25, 0.3) is 0 Å². The van der Waals surface area contributed by atoms with E-state index in [1.807, 2.05) is 28.2 Å². The van der Waals surface area contributed by atoms with E-state index in [1.165, 1.54) is 24.3 Å². The van der Waals surface area contributed by atoms with E-state index in [0.717, 1.165) is 39.0 Å². The van der Waals surface area contributed by atoms with E-state index in [2.05, 4.69) is 20.4 Å². The smallest absolute Gasteiger partial charge is 0.507 e. The second-order valence-electron chi connectivity index (χ2n) is 7.95. The van der Waals surface area contributed by atoms with Crippen molar-refractivity contribution in [2.24, 2.45) is 0 Å². The van der Waals surface area contributed by atoms with Gasteiger partial charge in [0.15, 0.2) is 11.6 Å². The van der Waals surface area contributed by atoms with Crippen LogP contribution < -0.4 is 10.6 Å². The molecule has 0 bridgehead atoms. The molecule has 0 atom stereocenters. The first-order valence-corrected chi connectivity index (χ1v) is 10.6. The van der Waals surface area contributed by atoms with Gasteiger partial charge in [0, 0.05) is 48.8 Å². The van der Waals surface area contributed by atoms with Crippen LogP contribution in [0.2, 0.25) is 0 Å². The molecule has 2 aliphatic rings. The van der Waals surface area contributed by atoms with Crippen molar-refractivity contribution in [2.45, 2.75) is 12.8 Å². The predicted octanol–water partition coefficient (Wildman–Crippen LogP) is 1.98. The van der Waals surface area contributed by atoms with Gasteiger partial charge in [-0.3, -0.25) is 9.59 Å². The zero-order chi connectivity index (χ0) is 23.9. The molecule has 9 heteroatoms. The van der Waals surface area contributed by atoms with Gasteiger partial charge in [0.05, 0.1) is 0 Å². The molecule has 0 saturated carbocycles. The summed E-state index contributed by atoms with van der Waals surface area (Å²) in [7, 11) is 8.12. The van der Waals surface area contributed by atoms with Crippen molar-refractivity contribution in [3.8, 4) is 0 Å². The number of hydrogen-bond donors (Lipinski definition) is 4. The second kappa shape index (κ2) is 16.9. The summed E-state index contributed by atoms with van der Waals surface area (Å²) in [6.07, 6.45) is 14.0. The number of nitrogens with one attached hydrogen (secondary N) is 2. The van der Waals surface area contributed by atoms with Gasteiger partial charge in [0.1, 0.15) is 11.5 Å². The Bertz CT molecular complexity index is 756. The molecule has 0 radical (unpaired) electrons. The van der Waals surface area contributed by atoms with E-state index < -0.39 is 0 Å². The Kier molecular flexibility index (Phi) is 15.6. The van der Waals surface area contributed by atoms with Gasteiger partial charge in [-0.25, -0.2) is 0 Å². The topological polar surface area (TPSA) is 105 Å². The number of hydrogen-bond acceptors (Lipinski definition) is 8. The molecule has 0 aromatic rings. The van der Waals surface area contributed by atoms with E-state index in [-0.39, 0.29) is 39.6 Å². The maximum absolute atomic E-state index is 10.9. The molecule has 0 heterocycles. The number of rotatable bonds is 10. The van der Waals surface area contributed by atoms with E-state index >= 15 is 0 Å².